The van der Waals surface area contributed by atoms with Crippen LogP contribution in [0.5, 0.6) is 0 Å². The van der Waals surface area contributed by atoms with Crippen LogP contribution in [-0.2, 0) is 4.74 Å². The zero-order valence-electron chi connectivity index (χ0n) is 12.0. The first kappa shape index (κ1) is 18.8. The van der Waals surface area contributed by atoms with Gasteiger partial charge < -0.3 is 20.1 Å². The van der Waals surface area contributed by atoms with Gasteiger partial charge in [-0.1, -0.05) is 50.6 Å². The molecule has 0 saturated carbocycles. The van der Waals surface area contributed by atoms with Crippen LogP contribution in [0.1, 0.15) is 25.7 Å². The highest BCUT2D eigenvalue weighted by molar-refractivity contribution is 5.10. The van der Waals surface area contributed by atoms with E-state index in [4.69, 9.17) is 9.84 Å². The molecule has 0 aliphatic carbocycles. The summed E-state index contributed by atoms with van der Waals surface area (Å²) in [5.41, 5.74) is -2.11. The topological polar surface area (TPSA) is 69.9 Å². The Morgan fingerprint density at radius 2 is 1.55 bits per heavy atom. The fourth-order valence-corrected chi connectivity index (χ4v) is 1.75. The minimum Gasteiger partial charge on any atom is -0.396 e. The first-order chi connectivity index (χ1) is 9.40. The van der Waals surface area contributed by atoms with Crippen molar-refractivity contribution < 1.29 is 20.1 Å². The van der Waals surface area contributed by atoms with Crippen LogP contribution in [0.15, 0.2) is 50.6 Å². The van der Waals surface area contributed by atoms with Crippen molar-refractivity contribution in [2.75, 3.05) is 6.61 Å². The largest absolute Gasteiger partial charge is 0.396 e. The van der Waals surface area contributed by atoms with Gasteiger partial charge in [0.2, 0.25) is 0 Å². The van der Waals surface area contributed by atoms with Crippen LogP contribution in [0.2, 0.25) is 0 Å². The zero-order chi connectivity index (χ0) is 15.6. The minimum absolute atomic E-state index is 0.0234. The highest BCUT2D eigenvalue weighted by Crippen LogP contribution is 2.25. The Hall–Kier alpha value is -1.20. The van der Waals surface area contributed by atoms with Crippen molar-refractivity contribution in [3.8, 4) is 0 Å². The summed E-state index contributed by atoms with van der Waals surface area (Å²) in [5.74, 6) is 0. The Bertz CT molecular complexity index is 319. The number of aliphatic hydroxyl groups is 3. The Balaban J connectivity index is 4.57. The molecule has 0 spiro atoms. The van der Waals surface area contributed by atoms with Crippen LogP contribution in [0, 0.1) is 0 Å². The Morgan fingerprint density at radius 1 is 1.00 bits per heavy atom. The van der Waals surface area contributed by atoms with Gasteiger partial charge in [0.05, 0.1) is 0 Å². The molecule has 0 amide bonds. The molecule has 1 unspecified atom stereocenters. The summed E-state index contributed by atoms with van der Waals surface area (Å²) in [5, 5.41) is 28.8. The van der Waals surface area contributed by atoms with Crippen LogP contribution in [0.25, 0.3) is 0 Å². The highest BCUT2D eigenvalue weighted by Gasteiger charge is 2.28. The lowest BCUT2D eigenvalue weighted by molar-refractivity contribution is -0.159. The third-order valence-electron chi connectivity index (χ3n) is 3.27. The predicted molar refractivity (Wildman–Crippen MR) is 81.1 cm³/mol. The van der Waals surface area contributed by atoms with E-state index in [2.05, 4.69) is 26.3 Å². The van der Waals surface area contributed by atoms with E-state index in [9.17, 15) is 10.2 Å². The molecule has 0 aromatic rings. The van der Waals surface area contributed by atoms with E-state index in [0.717, 1.165) is 0 Å². The van der Waals surface area contributed by atoms with Gasteiger partial charge in [0.25, 0.3) is 0 Å². The van der Waals surface area contributed by atoms with Gasteiger partial charge in [-0.05, 0) is 19.3 Å². The molecule has 0 fully saturated rings. The van der Waals surface area contributed by atoms with Gasteiger partial charge in [0, 0.05) is 13.0 Å². The van der Waals surface area contributed by atoms with Gasteiger partial charge in [-0.2, -0.15) is 0 Å². The maximum absolute atomic E-state index is 9.96. The summed E-state index contributed by atoms with van der Waals surface area (Å²) >= 11 is 0. The molecule has 4 nitrogen and oxygen atoms in total. The lowest BCUT2D eigenvalue weighted by Crippen LogP contribution is -2.34. The van der Waals surface area contributed by atoms with Crippen molar-refractivity contribution >= 4 is 0 Å². The molecule has 3 N–H and O–H groups in total. The fourth-order valence-electron chi connectivity index (χ4n) is 1.75. The Labute approximate surface area is 121 Å². The smallest absolute Gasteiger partial charge is 0.156 e. The number of rotatable bonds is 12. The quantitative estimate of drug-likeness (QED) is 0.379. The van der Waals surface area contributed by atoms with Crippen LogP contribution >= 0.6 is 0 Å². The number of hydrogen-bond acceptors (Lipinski definition) is 4. The second-order valence-electron chi connectivity index (χ2n) is 4.70. The Kier molecular flexibility index (Phi) is 8.34. The molecule has 4 heteroatoms. The average Bonchev–Trinajstić information content (AvgIpc) is 2.49. The lowest BCUT2D eigenvalue weighted by atomic mass is 9.96. The summed E-state index contributed by atoms with van der Waals surface area (Å²) in [6.07, 6.45) is 6.17. The van der Waals surface area contributed by atoms with Crippen LogP contribution in [-0.4, -0.2) is 39.4 Å². The third-order valence-corrected chi connectivity index (χ3v) is 3.27. The Morgan fingerprint density at radius 3 is 1.95 bits per heavy atom. The van der Waals surface area contributed by atoms with Crippen molar-refractivity contribution in [2.45, 2.75) is 43.2 Å². The van der Waals surface area contributed by atoms with E-state index in [1.165, 1.54) is 12.2 Å². The van der Waals surface area contributed by atoms with E-state index in [1.54, 1.807) is 12.2 Å². The first-order valence-corrected chi connectivity index (χ1v) is 6.64. The monoisotopic (exact) mass is 282 g/mol. The molecule has 0 aliphatic rings. The first-order valence-electron chi connectivity index (χ1n) is 6.64. The van der Waals surface area contributed by atoms with E-state index < -0.39 is 17.5 Å². The van der Waals surface area contributed by atoms with E-state index >= 15 is 0 Å². The van der Waals surface area contributed by atoms with E-state index in [0.29, 0.717) is 12.8 Å². The summed E-state index contributed by atoms with van der Waals surface area (Å²) in [6, 6.07) is 0. The van der Waals surface area contributed by atoms with E-state index in [1.807, 2.05) is 0 Å². The fraction of sp³-hybridized carbons (Fsp3) is 0.500. The van der Waals surface area contributed by atoms with Crippen molar-refractivity contribution in [1.29, 1.82) is 0 Å². The average molecular weight is 282 g/mol. The third kappa shape index (κ3) is 5.84. The molecule has 0 aromatic carbocycles. The molecule has 114 valence electrons. The van der Waals surface area contributed by atoms with Gasteiger partial charge in [0.15, 0.2) is 6.29 Å². The predicted octanol–water partition coefficient (Wildman–Crippen LogP) is 2.09. The standard InChI is InChI=1S/C16H26O4/c1-5-15(19,6-2)12-10-14(18)20-16(7-3,8-4)11-9-13-17/h5-8,14,17-19H,1-4,9-13H2. The second kappa shape index (κ2) is 8.87. The molecule has 1 atom stereocenters. The highest BCUT2D eigenvalue weighted by atomic mass is 16.6. The molecular weight excluding hydrogens is 256 g/mol. The molecule has 0 saturated heterocycles. The van der Waals surface area contributed by atoms with Gasteiger partial charge in [-0.25, -0.2) is 0 Å². The molecule has 20 heavy (non-hydrogen) atoms. The normalized spacial score (nSPS) is 13.6. The van der Waals surface area contributed by atoms with Crippen molar-refractivity contribution in [3.05, 3.63) is 50.6 Å². The van der Waals surface area contributed by atoms with Crippen LogP contribution in [0.3, 0.4) is 0 Å². The molecule has 0 aromatic heterocycles. The molecule has 0 aliphatic heterocycles. The molecule has 0 heterocycles. The summed E-state index contributed by atoms with van der Waals surface area (Å²) in [6.45, 7) is 14.4. The van der Waals surface area contributed by atoms with Crippen LogP contribution in [0.4, 0.5) is 0 Å². The number of hydrogen-bond donors (Lipinski definition) is 3. The number of aliphatic hydroxyl groups excluding tert-OH is 2. The maximum atomic E-state index is 9.96. The van der Waals surface area contributed by atoms with Gasteiger partial charge in [-0.15, -0.1) is 0 Å². The summed E-state index contributed by atoms with van der Waals surface area (Å²) in [7, 11) is 0. The maximum Gasteiger partial charge on any atom is 0.156 e. The van der Waals surface area contributed by atoms with Gasteiger partial charge in [0.1, 0.15) is 11.2 Å². The van der Waals surface area contributed by atoms with Crippen molar-refractivity contribution in [2.24, 2.45) is 0 Å². The van der Waals surface area contributed by atoms with E-state index in [-0.39, 0.29) is 19.4 Å². The minimum atomic E-state index is -1.22. The number of ether oxygens (including phenoxy) is 1. The molecule has 0 bridgehead atoms. The summed E-state index contributed by atoms with van der Waals surface area (Å²) < 4.78 is 5.55. The van der Waals surface area contributed by atoms with Crippen molar-refractivity contribution in [1.82, 2.24) is 0 Å². The lowest BCUT2D eigenvalue weighted by Gasteiger charge is -2.31. The SMILES string of the molecule is C=CC(O)(C=C)CCC(O)OC(C=C)(C=C)CCCO. The van der Waals surface area contributed by atoms with Crippen LogP contribution < -0.4 is 0 Å². The van der Waals surface area contributed by atoms with Gasteiger partial charge >= 0.3 is 0 Å². The molecule has 0 radical (unpaired) electrons. The second-order valence-corrected chi connectivity index (χ2v) is 4.70. The van der Waals surface area contributed by atoms with Crippen molar-refractivity contribution in [3.63, 3.8) is 0 Å². The molecule has 0 rings (SSSR count). The molecular formula is C16H26O4. The van der Waals surface area contributed by atoms with Gasteiger partial charge in [-0.3, -0.25) is 0 Å². The zero-order valence-corrected chi connectivity index (χ0v) is 12.0. The summed E-state index contributed by atoms with van der Waals surface area (Å²) in [4.78, 5) is 0.